The van der Waals surface area contributed by atoms with E-state index in [-0.39, 0.29) is 18.6 Å². The summed E-state index contributed by atoms with van der Waals surface area (Å²) in [6.07, 6.45) is 0.980. The van der Waals surface area contributed by atoms with Crippen LogP contribution in [0.4, 0.5) is 0 Å². The molecule has 0 fully saturated rings. The number of carbonyl (C=O) groups excluding carboxylic acids is 1. The SMILES string of the molecule is Cc1nc(COc2ccc(C(=O)N(C)C(C)CC(C)C)cc2)no1. The minimum atomic E-state index is 0.0171. The number of amides is 1. The first kappa shape index (κ1) is 18.0. The molecule has 0 bridgehead atoms. The molecule has 1 unspecified atom stereocenters. The molecule has 0 aliphatic carbocycles. The molecule has 0 saturated heterocycles. The Balaban J connectivity index is 1.94. The second-order valence-electron chi connectivity index (χ2n) is 6.44. The summed E-state index contributed by atoms with van der Waals surface area (Å²) in [5.74, 6) is 2.23. The molecule has 1 atom stereocenters. The van der Waals surface area contributed by atoms with Gasteiger partial charge in [-0.25, -0.2) is 0 Å². The maximum Gasteiger partial charge on any atom is 0.253 e. The maximum absolute atomic E-state index is 12.5. The molecule has 0 saturated carbocycles. The van der Waals surface area contributed by atoms with Crippen molar-refractivity contribution in [1.29, 1.82) is 0 Å². The molecule has 0 aliphatic heterocycles. The summed E-state index contributed by atoms with van der Waals surface area (Å²) < 4.78 is 10.5. The normalized spacial score (nSPS) is 12.2. The van der Waals surface area contributed by atoms with E-state index in [1.807, 2.05) is 7.05 Å². The average molecular weight is 331 g/mol. The third kappa shape index (κ3) is 4.81. The van der Waals surface area contributed by atoms with Gasteiger partial charge in [0.25, 0.3) is 5.91 Å². The lowest BCUT2D eigenvalue weighted by molar-refractivity contribution is 0.0728. The highest BCUT2D eigenvalue weighted by Crippen LogP contribution is 2.17. The van der Waals surface area contributed by atoms with Crippen molar-refractivity contribution < 1.29 is 14.1 Å². The number of aromatic nitrogens is 2. The van der Waals surface area contributed by atoms with E-state index in [9.17, 15) is 4.79 Å². The number of ether oxygens (including phenoxy) is 1. The molecule has 2 aromatic rings. The minimum absolute atomic E-state index is 0.0171. The van der Waals surface area contributed by atoms with Crippen molar-refractivity contribution in [3.05, 3.63) is 41.5 Å². The predicted molar refractivity (Wildman–Crippen MR) is 90.8 cm³/mol. The summed E-state index contributed by atoms with van der Waals surface area (Å²) in [5.41, 5.74) is 0.649. The van der Waals surface area contributed by atoms with Crippen LogP contribution in [0, 0.1) is 12.8 Å². The minimum Gasteiger partial charge on any atom is -0.485 e. The average Bonchev–Trinajstić information content (AvgIpc) is 2.97. The summed E-state index contributed by atoms with van der Waals surface area (Å²) in [7, 11) is 1.85. The van der Waals surface area contributed by atoms with Crippen LogP contribution in [0.15, 0.2) is 28.8 Å². The van der Waals surface area contributed by atoms with Crippen LogP contribution in [0.25, 0.3) is 0 Å². The van der Waals surface area contributed by atoms with Crippen LogP contribution in [0.5, 0.6) is 5.75 Å². The van der Waals surface area contributed by atoms with E-state index < -0.39 is 0 Å². The fraction of sp³-hybridized carbons (Fsp3) is 0.500. The van der Waals surface area contributed by atoms with Crippen LogP contribution in [0.3, 0.4) is 0 Å². The first-order valence-electron chi connectivity index (χ1n) is 8.16. The van der Waals surface area contributed by atoms with Crippen molar-refractivity contribution in [2.75, 3.05) is 7.05 Å². The number of hydrogen-bond donors (Lipinski definition) is 0. The van der Waals surface area contributed by atoms with E-state index in [2.05, 4.69) is 30.9 Å². The van der Waals surface area contributed by atoms with Gasteiger partial charge < -0.3 is 14.2 Å². The Bertz CT molecular complexity index is 664. The molecule has 1 aromatic heterocycles. The Morgan fingerprint density at radius 1 is 1.25 bits per heavy atom. The second kappa shape index (κ2) is 7.95. The van der Waals surface area contributed by atoms with Gasteiger partial charge in [-0.05, 0) is 43.5 Å². The van der Waals surface area contributed by atoms with Gasteiger partial charge in [0.05, 0.1) is 0 Å². The van der Waals surface area contributed by atoms with Crippen molar-refractivity contribution in [2.24, 2.45) is 5.92 Å². The topological polar surface area (TPSA) is 68.5 Å². The number of nitrogens with zero attached hydrogens (tertiary/aromatic N) is 3. The van der Waals surface area contributed by atoms with Crippen molar-refractivity contribution in [3.63, 3.8) is 0 Å². The Morgan fingerprint density at radius 2 is 1.92 bits per heavy atom. The molecule has 1 aromatic carbocycles. The third-order valence-electron chi connectivity index (χ3n) is 3.83. The Labute approximate surface area is 142 Å². The molecule has 24 heavy (non-hydrogen) atoms. The van der Waals surface area contributed by atoms with Crippen molar-refractivity contribution >= 4 is 5.91 Å². The molecule has 6 heteroatoms. The number of aryl methyl sites for hydroxylation is 1. The predicted octanol–water partition coefficient (Wildman–Crippen LogP) is 3.46. The van der Waals surface area contributed by atoms with Crippen molar-refractivity contribution in [2.45, 2.75) is 46.8 Å². The van der Waals surface area contributed by atoms with E-state index in [4.69, 9.17) is 9.26 Å². The maximum atomic E-state index is 12.5. The molecule has 0 aliphatic rings. The Morgan fingerprint density at radius 3 is 2.46 bits per heavy atom. The number of benzene rings is 1. The molecule has 1 heterocycles. The lowest BCUT2D eigenvalue weighted by Crippen LogP contribution is -2.35. The quantitative estimate of drug-likeness (QED) is 0.777. The van der Waals surface area contributed by atoms with Gasteiger partial charge in [-0.1, -0.05) is 19.0 Å². The monoisotopic (exact) mass is 331 g/mol. The van der Waals surface area contributed by atoms with Crippen LogP contribution in [-0.4, -0.2) is 34.0 Å². The van der Waals surface area contributed by atoms with Crippen LogP contribution >= 0.6 is 0 Å². The highest BCUT2D eigenvalue weighted by molar-refractivity contribution is 5.94. The lowest BCUT2D eigenvalue weighted by Gasteiger charge is -2.26. The number of carbonyl (C=O) groups is 1. The van der Waals surface area contributed by atoms with E-state index in [0.717, 1.165) is 6.42 Å². The van der Waals surface area contributed by atoms with Crippen LogP contribution in [0.1, 0.15) is 49.3 Å². The fourth-order valence-electron chi connectivity index (χ4n) is 2.49. The van der Waals surface area contributed by atoms with Gasteiger partial charge in [0.15, 0.2) is 6.61 Å². The van der Waals surface area contributed by atoms with Crippen molar-refractivity contribution in [1.82, 2.24) is 15.0 Å². The first-order valence-corrected chi connectivity index (χ1v) is 8.16. The standard InChI is InChI=1S/C18H25N3O3/c1-12(2)10-13(3)21(5)18(22)15-6-8-16(9-7-15)23-11-17-19-14(4)24-20-17/h6-9,12-13H,10-11H2,1-5H3. The first-order chi connectivity index (χ1) is 11.4. The summed E-state index contributed by atoms with van der Waals surface area (Å²) in [6.45, 7) is 8.35. The molecular weight excluding hydrogens is 306 g/mol. The largest absolute Gasteiger partial charge is 0.485 e. The van der Waals surface area contributed by atoms with E-state index in [0.29, 0.717) is 28.9 Å². The van der Waals surface area contributed by atoms with Gasteiger partial charge in [-0.15, -0.1) is 0 Å². The van der Waals surface area contributed by atoms with Gasteiger partial charge >= 0.3 is 0 Å². The lowest BCUT2D eigenvalue weighted by atomic mass is 10.0. The smallest absolute Gasteiger partial charge is 0.253 e. The highest BCUT2D eigenvalue weighted by atomic mass is 16.5. The van der Waals surface area contributed by atoms with Crippen molar-refractivity contribution in [3.8, 4) is 5.75 Å². The Kier molecular flexibility index (Phi) is 5.95. The van der Waals surface area contributed by atoms with Gasteiger partial charge in [-0.3, -0.25) is 4.79 Å². The summed E-state index contributed by atoms with van der Waals surface area (Å²) >= 11 is 0. The zero-order valence-electron chi connectivity index (χ0n) is 14.9. The summed E-state index contributed by atoms with van der Waals surface area (Å²) in [5, 5.41) is 3.77. The van der Waals surface area contributed by atoms with Crippen LogP contribution < -0.4 is 4.74 Å². The van der Waals surface area contributed by atoms with Crippen LogP contribution in [-0.2, 0) is 6.61 Å². The summed E-state index contributed by atoms with van der Waals surface area (Å²) in [4.78, 5) is 18.4. The molecule has 2 rings (SSSR count). The van der Waals surface area contributed by atoms with E-state index >= 15 is 0 Å². The third-order valence-corrected chi connectivity index (χ3v) is 3.83. The fourth-order valence-corrected chi connectivity index (χ4v) is 2.49. The van der Waals surface area contributed by atoms with Gasteiger partial charge in [-0.2, -0.15) is 4.98 Å². The van der Waals surface area contributed by atoms with E-state index in [1.165, 1.54) is 0 Å². The number of rotatable bonds is 7. The van der Waals surface area contributed by atoms with Crippen LogP contribution in [0.2, 0.25) is 0 Å². The second-order valence-corrected chi connectivity index (χ2v) is 6.44. The highest BCUT2D eigenvalue weighted by Gasteiger charge is 2.18. The van der Waals surface area contributed by atoms with Gasteiger partial charge in [0.1, 0.15) is 5.75 Å². The molecule has 0 N–H and O–H groups in total. The molecule has 6 nitrogen and oxygen atoms in total. The molecule has 1 amide bonds. The van der Waals surface area contributed by atoms with Gasteiger partial charge in [0, 0.05) is 25.6 Å². The molecule has 0 radical (unpaired) electrons. The van der Waals surface area contributed by atoms with Gasteiger partial charge in [0.2, 0.25) is 11.7 Å². The number of hydrogen-bond acceptors (Lipinski definition) is 5. The molecule has 0 spiro atoms. The molecular formula is C18H25N3O3. The zero-order chi connectivity index (χ0) is 17.7. The Hall–Kier alpha value is -2.37. The summed E-state index contributed by atoms with van der Waals surface area (Å²) in [6, 6.07) is 7.31. The zero-order valence-corrected chi connectivity index (χ0v) is 14.9. The van der Waals surface area contributed by atoms with E-state index in [1.54, 1.807) is 36.1 Å². The molecule has 130 valence electrons.